The highest BCUT2D eigenvalue weighted by Gasteiger charge is 2.50. The van der Waals surface area contributed by atoms with Gasteiger partial charge >= 0.3 is 6.01 Å². The van der Waals surface area contributed by atoms with Crippen molar-refractivity contribution in [2.75, 3.05) is 31.1 Å². The van der Waals surface area contributed by atoms with E-state index in [0.29, 0.717) is 71.4 Å². The van der Waals surface area contributed by atoms with Crippen LogP contribution in [0, 0.1) is 29.4 Å². The molecule has 2 N–H and O–H groups in total. The van der Waals surface area contributed by atoms with Crippen molar-refractivity contribution in [1.82, 2.24) is 20.2 Å². The van der Waals surface area contributed by atoms with Crippen molar-refractivity contribution in [2.45, 2.75) is 75.5 Å². The number of ketones is 1. The molecule has 4 aromatic rings. The Bertz CT molecular complexity index is 2010. The van der Waals surface area contributed by atoms with Crippen LogP contribution in [-0.4, -0.2) is 76.2 Å². The number of fused-ring (bicyclic) bond motifs is 6. The Labute approximate surface area is 277 Å². The fourth-order valence-corrected chi connectivity index (χ4v) is 8.84. The van der Waals surface area contributed by atoms with Crippen LogP contribution in [0.2, 0.25) is 0 Å². The van der Waals surface area contributed by atoms with Gasteiger partial charge in [0.1, 0.15) is 28.7 Å². The first-order valence-corrected chi connectivity index (χ1v) is 17.1. The molecule has 10 heteroatoms. The first-order chi connectivity index (χ1) is 23.3. The van der Waals surface area contributed by atoms with E-state index in [1.54, 1.807) is 12.1 Å². The van der Waals surface area contributed by atoms with Crippen LogP contribution in [0.5, 0.6) is 11.8 Å². The molecule has 0 spiro atoms. The van der Waals surface area contributed by atoms with Gasteiger partial charge < -0.3 is 20.1 Å². The molecule has 1 saturated carbocycles. The van der Waals surface area contributed by atoms with Gasteiger partial charge in [-0.1, -0.05) is 18.1 Å². The van der Waals surface area contributed by atoms with E-state index in [-0.39, 0.29) is 39.4 Å². The van der Waals surface area contributed by atoms with Crippen LogP contribution in [0.3, 0.4) is 0 Å². The van der Waals surface area contributed by atoms with Crippen molar-refractivity contribution in [1.29, 1.82) is 0 Å². The van der Waals surface area contributed by atoms with Gasteiger partial charge in [-0.15, -0.1) is 6.42 Å². The highest BCUT2D eigenvalue weighted by atomic mass is 19.1. The number of anilines is 1. The third kappa shape index (κ3) is 4.98. The lowest BCUT2D eigenvalue weighted by Crippen LogP contribution is -2.51. The monoisotopic (exact) mass is 649 g/mol. The number of ether oxygens (including phenoxy) is 1. The number of hydrogen-bond acceptors (Lipinski definition) is 8. The fourth-order valence-electron chi connectivity index (χ4n) is 8.84. The molecule has 4 aliphatic heterocycles. The number of carbonyl (C=O) groups is 1. The van der Waals surface area contributed by atoms with Crippen LogP contribution < -0.4 is 15.0 Å². The predicted molar refractivity (Wildman–Crippen MR) is 179 cm³/mol. The standard InChI is InChI=1S/C38H37F2N5O3/c1-2-28-32(39)10-3-21-13-26(46)16-31(33(21)28)29-8-9-30-35(34(29)40)42-37(43-36(30)44-17-22-4-5-23(18-44)41-22)48-20-38(11-12-38)19-45-24-6-7-25(45)15-27(47)14-24/h1,3,8-10,13,16,22-25,41,46H,4-7,11-12,14-15,17-20H2. The van der Waals surface area contributed by atoms with Gasteiger partial charge in [0.2, 0.25) is 0 Å². The maximum Gasteiger partial charge on any atom is 0.319 e. The van der Waals surface area contributed by atoms with Crippen LogP contribution in [0.4, 0.5) is 14.6 Å². The largest absolute Gasteiger partial charge is 0.508 e. The number of aromatic nitrogens is 2. The molecule has 0 radical (unpaired) electrons. The molecule has 4 bridgehead atoms. The first-order valence-electron chi connectivity index (χ1n) is 17.1. The summed E-state index contributed by atoms with van der Waals surface area (Å²) in [6.45, 7) is 2.79. The molecular formula is C38H37F2N5O3. The minimum absolute atomic E-state index is 0.00641. The number of benzene rings is 3. The molecule has 5 aliphatic rings. The minimum atomic E-state index is -0.617. The molecule has 8 nitrogen and oxygen atoms in total. The first kappa shape index (κ1) is 29.8. The van der Waals surface area contributed by atoms with E-state index in [4.69, 9.17) is 16.1 Å². The van der Waals surface area contributed by atoms with Gasteiger partial charge in [0.05, 0.1) is 12.2 Å². The molecule has 246 valence electrons. The lowest BCUT2D eigenvalue weighted by atomic mass is 9.93. The van der Waals surface area contributed by atoms with Crippen molar-refractivity contribution in [3.8, 4) is 35.2 Å². The summed E-state index contributed by atoms with van der Waals surface area (Å²) < 4.78 is 38.2. The Hall–Kier alpha value is -4.33. The van der Waals surface area contributed by atoms with E-state index < -0.39 is 11.6 Å². The van der Waals surface area contributed by atoms with E-state index in [2.05, 4.69) is 26.0 Å². The number of rotatable bonds is 7. The summed E-state index contributed by atoms with van der Waals surface area (Å²) in [5.74, 6) is 2.13. The maximum atomic E-state index is 16.9. The third-order valence-corrected chi connectivity index (χ3v) is 11.4. The number of halogens is 2. The van der Waals surface area contributed by atoms with E-state index >= 15 is 4.39 Å². The topological polar surface area (TPSA) is 90.8 Å². The number of piperidine rings is 1. The second-order valence-corrected chi connectivity index (χ2v) is 14.6. The molecule has 4 saturated heterocycles. The van der Waals surface area contributed by atoms with Crippen LogP contribution in [0.1, 0.15) is 56.9 Å². The molecular weight excluding hydrogens is 612 g/mol. The predicted octanol–water partition coefficient (Wildman–Crippen LogP) is 5.71. The highest BCUT2D eigenvalue weighted by Crippen LogP contribution is 2.49. The Morgan fingerprint density at radius 2 is 1.75 bits per heavy atom. The van der Waals surface area contributed by atoms with E-state index in [9.17, 15) is 14.3 Å². The zero-order valence-corrected chi connectivity index (χ0v) is 26.6. The number of phenols is 1. The van der Waals surface area contributed by atoms with Gasteiger partial charge in [0.15, 0.2) is 5.82 Å². The molecule has 1 aromatic heterocycles. The zero-order chi connectivity index (χ0) is 32.7. The maximum absolute atomic E-state index is 16.9. The average Bonchev–Trinajstić information content (AvgIpc) is 3.71. The van der Waals surface area contributed by atoms with Crippen LogP contribution >= 0.6 is 0 Å². The second kappa shape index (κ2) is 11.1. The zero-order valence-electron chi connectivity index (χ0n) is 26.6. The van der Waals surface area contributed by atoms with Gasteiger partial charge in [0, 0.05) is 78.4 Å². The Morgan fingerprint density at radius 1 is 1.00 bits per heavy atom. The van der Waals surface area contributed by atoms with Crippen LogP contribution in [-0.2, 0) is 4.79 Å². The van der Waals surface area contributed by atoms with Crippen molar-refractivity contribution in [3.63, 3.8) is 0 Å². The van der Waals surface area contributed by atoms with Gasteiger partial charge in [-0.25, -0.2) is 8.78 Å². The number of phenolic OH excluding ortho intramolecular Hbond substituents is 1. The molecule has 48 heavy (non-hydrogen) atoms. The summed E-state index contributed by atoms with van der Waals surface area (Å²) >= 11 is 0. The number of nitrogens with zero attached hydrogens (tertiary/aromatic N) is 4. The number of nitrogens with one attached hydrogen (secondary N) is 1. The van der Waals surface area contributed by atoms with Gasteiger partial charge in [0.25, 0.3) is 0 Å². The van der Waals surface area contributed by atoms with E-state index in [1.807, 2.05) is 0 Å². The minimum Gasteiger partial charge on any atom is -0.508 e. The lowest BCUT2D eigenvalue weighted by Gasteiger charge is -2.36. The Kier molecular flexibility index (Phi) is 6.89. The summed E-state index contributed by atoms with van der Waals surface area (Å²) in [5.41, 5.74) is 0.504. The molecule has 9 rings (SSSR count). The number of carbonyl (C=O) groups excluding carboxylic acids is 1. The van der Waals surface area contributed by atoms with Crippen molar-refractivity contribution in [2.24, 2.45) is 5.41 Å². The third-order valence-electron chi connectivity index (χ3n) is 11.4. The highest BCUT2D eigenvalue weighted by molar-refractivity contribution is 6.04. The van der Waals surface area contributed by atoms with E-state index in [0.717, 1.165) is 58.2 Å². The number of piperazine rings is 1. The molecule has 5 heterocycles. The van der Waals surface area contributed by atoms with Gasteiger partial charge in [-0.3, -0.25) is 9.69 Å². The Morgan fingerprint density at radius 3 is 2.46 bits per heavy atom. The van der Waals surface area contributed by atoms with Gasteiger partial charge in [-0.2, -0.15) is 9.97 Å². The second-order valence-electron chi connectivity index (χ2n) is 14.6. The average molecular weight is 650 g/mol. The summed E-state index contributed by atoms with van der Waals surface area (Å²) in [6.07, 6.45) is 13.4. The van der Waals surface area contributed by atoms with Gasteiger partial charge in [-0.05, 0) is 73.7 Å². The van der Waals surface area contributed by atoms with E-state index in [1.165, 1.54) is 24.3 Å². The quantitative estimate of drug-likeness (QED) is 0.246. The lowest BCUT2D eigenvalue weighted by molar-refractivity contribution is -0.124. The molecule has 4 atom stereocenters. The summed E-state index contributed by atoms with van der Waals surface area (Å²) in [6, 6.07) is 10.6. The number of Topliss-reactive ketones (excluding diaryl/α,β-unsaturated/α-hetero) is 1. The van der Waals surface area contributed by atoms with Crippen molar-refractivity contribution in [3.05, 3.63) is 53.6 Å². The summed E-state index contributed by atoms with van der Waals surface area (Å²) in [4.78, 5) is 26.5. The van der Waals surface area contributed by atoms with Crippen molar-refractivity contribution < 1.29 is 23.4 Å². The normalized spacial score (nSPS) is 25.9. The number of terminal acetylenes is 1. The molecule has 5 fully saturated rings. The summed E-state index contributed by atoms with van der Waals surface area (Å²) in [7, 11) is 0. The van der Waals surface area contributed by atoms with Crippen molar-refractivity contribution >= 4 is 33.3 Å². The molecule has 1 aliphatic carbocycles. The smallest absolute Gasteiger partial charge is 0.319 e. The molecule has 3 aromatic carbocycles. The Balaban J connectivity index is 1.11. The van der Waals surface area contributed by atoms with Crippen LogP contribution in [0.25, 0.3) is 32.8 Å². The molecule has 0 amide bonds. The fraction of sp³-hybridized carbons (Fsp3) is 0.447. The summed E-state index contributed by atoms with van der Waals surface area (Å²) in [5, 5.41) is 15.7. The SMILES string of the molecule is C#Cc1c(F)ccc2cc(O)cc(-c3ccc4c(N5CC6CCC(C5)N6)nc(OCC5(CN6C7CCC6CC(=O)C7)CC5)nc4c3F)c12. The molecule has 4 unspecified atom stereocenters. The number of hydrogen-bond donors (Lipinski definition) is 2. The van der Waals surface area contributed by atoms with Crippen LogP contribution in [0.15, 0.2) is 36.4 Å². The number of aromatic hydroxyl groups is 1.